The van der Waals surface area contributed by atoms with Gasteiger partial charge in [0.1, 0.15) is 5.82 Å². The van der Waals surface area contributed by atoms with Gasteiger partial charge in [0, 0.05) is 12.3 Å². The third-order valence-corrected chi connectivity index (χ3v) is 5.20. The van der Waals surface area contributed by atoms with Gasteiger partial charge in [-0.25, -0.2) is 4.98 Å². The standard InChI is InChI=1S/C20H15N3O2S/c1-2-10-26-20-22-18-17(19(25)23-20)15(11-16(24)21-18)14-9-5-7-12-6-3-4-8-13(12)14/h1,3-9,15H,10-11H2,(H2,21,22,23,24,25). The highest BCUT2D eigenvalue weighted by atomic mass is 32.2. The lowest BCUT2D eigenvalue weighted by Crippen LogP contribution is -2.31. The molecule has 1 aromatic heterocycles. The van der Waals surface area contributed by atoms with Crippen LogP contribution in [0, 0.1) is 12.3 Å². The van der Waals surface area contributed by atoms with E-state index in [1.807, 2.05) is 42.5 Å². The average molecular weight is 361 g/mol. The summed E-state index contributed by atoms with van der Waals surface area (Å²) in [4.78, 5) is 32.2. The van der Waals surface area contributed by atoms with Crippen LogP contribution in [0.4, 0.5) is 5.82 Å². The second kappa shape index (κ2) is 6.70. The minimum absolute atomic E-state index is 0.151. The number of carbonyl (C=O) groups excluding carboxylic acids is 1. The summed E-state index contributed by atoms with van der Waals surface area (Å²) in [6.07, 6.45) is 5.48. The van der Waals surface area contributed by atoms with Crippen LogP contribution in [0.2, 0.25) is 0 Å². The van der Waals surface area contributed by atoms with Gasteiger partial charge in [-0.15, -0.1) is 6.42 Å². The predicted molar refractivity (Wildman–Crippen MR) is 103 cm³/mol. The monoisotopic (exact) mass is 361 g/mol. The van der Waals surface area contributed by atoms with Gasteiger partial charge >= 0.3 is 0 Å². The van der Waals surface area contributed by atoms with Crippen LogP contribution in [0.15, 0.2) is 52.4 Å². The minimum Gasteiger partial charge on any atom is -0.310 e. The second-order valence-corrected chi connectivity index (χ2v) is 6.96. The highest BCUT2D eigenvalue weighted by Crippen LogP contribution is 2.37. The molecule has 128 valence electrons. The Hall–Kier alpha value is -3.04. The summed E-state index contributed by atoms with van der Waals surface area (Å²) < 4.78 is 0. The topological polar surface area (TPSA) is 74.8 Å². The largest absolute Gasteiger partial charge is 0.310 e. The summed E-state index contributed by atoms with van der Waals surface area (Å²) >= 11 is 1.25. The lowest BCUT2D eigenvalue weighted by atomic mass is 9.84. The Morgan fingerprint density at radius 1 is 1.19 bits per heavy atom. The molecule has 1 atom stereocenters. The van der Waals surface area contributed by atoms with Crippen molar-refractivity contribution in [2.75, 3.05) is 11.1 Å². The van der Waals surface area contributed by atoms with Gasteiger partial charge in [-0.05, 0) is 16.3 Å². The molecule has 0 bridgehead atoms. The van der Waals surface area contributed by atoms with Crippen LogP contribution >= 0.6 is 11.8 Å². The number of nitrogens with zero attached hydrogens (tertiary/aromatic N) is 1. The van der Waals surface area contributed by atoms with E-state index >= 15 is 0 Å². The van der Waals surface area contributed by atoms with Crippen molar-refractivity contribution in [3.63, 3.8) is 0 Å². The molecule has 0 saturated heterocycles. The molecule has 2 heterocycles. The number of hydrogen-bond acceptors (Lipinski definition) is 4. The van der Waals surface area contributed by atoms with E-state index in [-0.39, 0.29) is 23.8 Å². The molecule has 0 saturated carbocycles. The van der Waals surface area contributed by atoms with Crippen molar-refractivity contribution in [3.05, 3.63) is 63.9 Å². The predicted octanol–water partition coefficient (Wildman–Crippen LogP) is 3.12. The number of nitrogens with one attached hydrogen (secondary N) is 2. The van der Waals surface area contributed by atoms with E-state index in [4.69, 9.17) is 6.42 Å². The zero-order valence-corrected chi connectivity index (χ0v) is 14.6. The first-order valence-electron chi connectivity index (χ1n) is 8.15. The fourth-order valence-corrected chi connectivity index (χ4v) is 3.89. The van der Waals surface area contributed by atoms with Crippen LogP contribution in [-0.4, -0.2) is 21.6 Å². The summed E-state index contributed by atoms with van der Waals surface area (Å²) in [5.74, 6) is 2.71. The molecular formula is C20H15N3O2S. The maximum Gasteiger partial charge on any atom is 0.257 e. The van der Waals surface area contributed by atoms with E-state index in [1.54, 1.807) is 0 Å². The van der Waals surface area contributed by atoms with Crippen molar-refractivity contribution in [2.45, 2.75) is 17.5 Å². The number of aromatic nitrogens is 2. The molecule has 1 aliphatic rings. The van der Waals surface area contributed by atoms with Gasteiger partial charge in [-0.3, -0.25) is 9.59 Å². The van der Waals surface area contributed by atoms with Crippen LogP contribution in [0.25, 0.3) is 10.8 Å². The fourth-order valence-electron chi connectivity index (χ4n) is 3.35. The summed E-state index contributed by atoms with van der Waals surface area (Å²) in [6, 6.07) is 13.9. The van der Waals surface area contributed by atoms with Crippen molar-refractivity contribution in [3.8, 4) is 12.3 Å². The fraction of sp³-hybridized carbons (Fsp3) is 0.150. The van der Waals surface area contributed by atoms with Crippen molar-refractivity contribution in [1.29, 1.82) is 0 Å². The van der Waals surface area contributed by atoms with Crippen molar-refractivity contribution in [1.82, 2.24) is 9.97 Å². The van der Waals surface area contributed by atoms with Crippen LogP contribution < -0.4 is 10.9 Å². The number of H-pyrrole nitrogens is 1. The molecule has 5 nitrogen and oxygen atoms in total. The lowest BCUT2D eigenvalue weighted by Gasteiger charge is -2.25. The number of amides is 1. The van der Waals surface area contributed by atoms with E-state index in [2.05, 4.69) is 21.2 Å². The van der Waals surface area contributed by atoms with Crippen molar-refractivity contribution < 1.29 is 4.79 Å². The first-order chi connectivity index (χ1) is 12.7. The Morgan fingerprint density at radius 3 is 2.85 bits per heavy atom. The van der Waals surface area contributed by atoms with Gasteiger partial charge in [0.25, 0.3) is 5.56 Å². The molecule has 26 heavy (non-hydrogen) atoms. The first-order valence-corrected chi connectivity index (χ1v) is 9.14. The van der Waals surface area contributed by atoms with Crippen LogP contribution in [0.1, 0.15) is 23.5 Å². The number of carbonyl (C=O) groups is 1. The summed E-state index contributed by atoms with van der Waals surface area (Å²) in [5, 5.41) is 5.24. The summed E-state index contributed by atoms with van der Waals surface area (Å²) in [6.45, 7) is 0. The molecule has 1 amide bonds. The van der Waals surface area contributed by atoms with E-state index in [0.717, 1.165) is 16.3 Å². The van der Waals surface area contributed by atoms with Gasteiger partial charge in [0.2, 0.25) is 5.91 Å². The number of fused-ring (bicyclic) bond motifs is 2. The smallest absolute Gasteiger partial charge is 0.257 e. The van der Waals surface area contributed by atoms with Gasteiger partial charge in [0.15, 0.2) is 5.16 Å². The number of benzene rings is 2. The van der Waals surface area contributed by atoms with Crippen LogP contribution in [0.5, 0.6) is 0 Å². The first kappa shape index (κ1) is 16.4. The third-order valence-electron chi connectivity index (χ3n) is 4.42. The van der Waals surface area contributed by atoms with E-state index in [1.165, 1.54) is 11.8 Å². The van der Waals surface area contributed by atoms with Gasteiger partial charge in [-0.2, -0.15) is 0 Å². The molecule has 1 unspecified atom stereocenters. The van der Waals surface area contributed by atoms with Crippen molar-refractivity contribution >= 4 is 34.3 Å². The maximum absolute atomic E-state index is 12.8. The molecule has 2 aromatic carbocycles. The SMILES string of the molecule is C#CCSc1nc2c(c(=O)[nH]1)C(c1cccc3ccccc13)CC(=O)N2. The highest BCUT2D eigenvalue weighted by molar-refractivity contribution is 7.99. The molecule has 0 aliphatic carbocycles. The third kappa shape index (κ3) is 2.87. The van der Waals surface area contributed by atoms with Crippen molar-refractivity contribution in [2.24, 2.45) is 0 Å². The highest BCUT2D eigenvalue weighted by Gasteiger charge is 2.31. The molecule has 4 rings (SSSR count). The Morgan fingerprint density at radius 2 is 2.00 bits per heavy atom. The van der Waals surface area contributed by atoms with Crippen LogP contribution in [0.3, 0.4) is 0 Å². The number of hydrogen-bond donors (Lipinski definition) is 2. The Bertz CT molecular complexity index is 1110. The normalized spacial score (nSPS) is 16.0. The molecule has 2 N–H and O–H groups in total. The van der Waals surface area contributed by atoms with Gasteiger partial charge in [-0.1, -0.05) is 60.1 Å². The van der Waals surface area contributed by atoms with E-state index < -0.39 is 0 Å². The zero-order chi connectivity index (χ0) is 18.1. The maximum atomic E-state index is 12.8. The molecule has 0 fully saturated rings. The van der Waals surface area contributed by atoms with E-state index in [9.17, 15) is 9.59 Å². The molecule has 0 spiro atoms. The summed E-state index contributed by atoms with van der Waals surface area (Å²) in [5.41, 5.74) is 1.20. The average Bonchev–Trinajstić information content (AvgIpc) is 2.65. The quantitative estimate of drug-likeness (QED) is 0.427. The van der Waals surface area contributed by atoms with Gasteiger partial charge < -0.3 is 10.3 Å². The summed E-state index contributed by atoms with van der Waals surface area (Å²) in [7, 11) is 0. The number of aromatic amines is 1. The Kier molecular flexibility index (Phi) is 4.23. The van der Waals surface area contributed by atoms with E-state index in [0.29, 0.717) is 22.3 Å². The zero-order valence-electron chi connectivity index (χ0n) is 13.8. The van der Waals surface area contributed by atoms with Gasteiger partial charge in [0.05, 0.1) is 11.3 Å². The number of rotatable bonds is 3. The van der Waals surface area contributed by atoms with Crippen LogP contribution in [-0.2, 0) is 4.79 Å². The molecule has 0 radical (unpaired) electrons. The number of thioether (sulfide) groups is 1. The molecule has 6 heteroatoms. The Labute approximate surface area is 154 Å². The lowest BCUT2D eigenvalue weighted by molar-refractivity contribution is -0.116. The molecule has 3 aromatic rings. The second-order valence-electron chi connectivity index (χ2n) is 6.00. The number of terminal acetylenes is 1. The number of anilines is 1. The molecule has 1 aliphatic heterocycles. The Balaban J connectivity index is 1.89. The minimum atomic E-state index is -0.340. The molecular weight excluding hydrogens is 346 g/mol.